The number of benzene rings is 2. The summed E-state index contributed by atoms with van der Waals surface area (Å²) in [6, 6.07) is 15.2. The first-order valence-electron chi connectivity index (χ1n) is 10.1. The van der Waals surface area contributed by atoms with Gasteiger partial charge >= 0.3 is 0 Å². The number of hydrogen-bond acceptors (Lipinski definition) is 3. The van der Waals surface area contributed by atoms with E-state index in [4.69, 9.17) is 9.73 Å². The number of nitrogens with zero attached hydrogens (tertiary/aromatic N) is 2. The average Bonchev–Trinajstić information content (AvgIpc) is 3.14. The molecule has 0 unspecified atom stereocenters. The minimum atomic E-state index is 0.673. The van der Waals surface area contributed by atoms with Gasteiger partial charge in [0, 0.05) is 26.1 Å². The van der Waals surface area contributed by atoms with E-state index in [-0.39, 0.29) is 0 Å². The first kappa shape index (κ1) is 20.2. The van der Waals surface area contributed by atoms with Gasteiger partial charge in [-0.3, -0.25) is 0 Å². The third kappa shape index (κ3) is 5.99. The fourth-order valence-corrected chi connectivity index (χ4v) is 3.42. The first-order chi connectivity index (χ1) is 13.6. The molecule has 150 valence electrons. The van der Waals surface area contributed by atoms with Crippen LogP contribution in [0.25, 0.3) is 0 Å². The molecule has 0 saturated carbocycles. The maximum atomic E-state index is 5.58. The van der Waals surface area contributed by atoms with Crippen molar-refractivity contribution in [3.05, 3.63) is 64.7 Å². The van der Waals surface area contributed by atoms with Crippen molar-refractivity contribution in [2.45, 2.75) is 32.9 Å². The predicted molar refractivity (Wildman–Crippen MR) is 116 cm³/mol. The molecule has 2 aromatic carbocycles. The number of nitrogens with one attached hydrogen (secondary N) is 2. The fraction of sp³-hybridized carbons (Fsp3) is 0.435. The minimum absolute atomic E-state index is 0.673. The molecule has 0 saturated heterocycles. The summed E-state index contributed by atoms with van der Waals surface area (Å²) < 4.78 is 5.58. The molecule has 3 rings (SSSR count). The Morgan fingerprint density at radius 3 is 2.75 bits per heavy atom. The van der Waals surface area contributed by atoms with Crippen molar-refractivity contribution in [3.8, 4) is 5.75 Å². The number of ether oxygens (including phenoxy) is 1. The van der Waals surface area contributed by atoms with Gasteiger partial charge in [0.1, 0.15) is 5.75 Å². The summed E-state index contributed by atoms with van der Waals surface area (Å²) in [7, 11) is 4.18. The molecule has 0 spiro atoms. The Labute approximate surface area is 168 Å². The molecule has 0 radical (unpaired) electrons. The molecule has 0 bridgehead atoms. The van der Waals surface area contributed by atoms with E-state index in [0.717, 1.165) is 50.8 Å². The predicted octanol–water partition coefficient (Wildman–Crippen LogP) is 2.98. The van der Waals surface area contributed by atoms with Crippen molar-refractivity contribution in [2.24, 2.45) is 4.99 Å². The van der Waals surface area contributed by atoms with Crippen molar-refractivity contribution in [1.29, 1.82) is 0 Å². The maximum absolute atomic E-state index is 5.58. The van der Waals surface area contributed by atoms with Crippen molar-refractivity contribution >= 4 is 5.96 Å². The van der Waals surface area contributed by atoms with E-state index < -0.39 is 0 Å². The number of hydrogen-bond donors (Lipinski definition) is 2. The molecule has 0 aliphatic carbocycles. The average molecular weight is 381 g/mol. The highest BCUT2D eigenvalue weighted by atomic mass is 16.5. The second-order valence-electron chi connectivity index (χ2n) is 7.47. The summed E-state index contributed by atoms with van der Waals surface area (Å²) in [6.07, 6.45) is 1.99. The Bertz CT molecular complexity index is 801. The molecular weight excluding hydrogens is 348 g/mol. The van der Waals surface area contributed by atoms with E-state index in [1.165, 1.54) is 22.3 Å². The van der Waals surface area contributed by atoms with Crippen LogP contribution in [0.4, 0.5) is 0 Å². The maximum Gasteiger partial charge on any atom is 0.191 e. The molecule has 2 N–H and O–H groups in total. The highest BCUT2D eigenvalue weighted by molar-refractivity contribution is 5.79. The van der Waals surface area contributed by atoms with Crippen LogP contribution in [-0.2, 0) is 25.9 Å². The second-order valence-corrected chi connectivity index (χ2v) is 7.47. The Morgan fingerprint density at radius 2 is 1.93 bits per heavy atom. The van der Waals surface area contributed by atoms with Gasteiger partial charge in [-0.2, -0.15) is 0 Å². The molecule has 0 amide bonds. The van der Waals surface area contributed by atoms with Crippen LogP contribution in [0.1, 0.15) is 29.2 Å². The van der Waals surface area contributed by atoms with Crippen molar-refractivity contribution in [1.82, 2.24) is 15.5 Å². The third-order valence-electron chi connectivity index (χ3n) is 4.71. The third-order valence-corrected chi connectivity index (χ3v) is 4.71. The zero-order chi connectivity index (χ0) is 19.8. The smallest absolute Gasteiger partial charge is 0.191 e. The van der Waals surface area contributed by atoms with Crippen LogP contribution in [0.2, 0.25) is 0 Å². The molecule has 28 heavy (non-hydrogen) atoms. The number of guanidine groups is 1. The number of fused-ring (bicyclic) bond motifs is 1. The van der Waals surface area contributed by atoms with Gasteiger partial charge in [-0.05, 0) is 55.8 Å². The normalized spacial score (nSPS) is 13.4. The van der Waals surface area contributed by atoms with Crippen LogP contribution in [0.3, 0.4) is 0 Å². The minimum Gasteiger partial charge on any atom is -0.493 e. The quantitative estimate of drug-likeness (QED) is 0.546. The van der Waals surface area contributed by atoms with E-state index >= 15 is 0 Å². The molecule has 2 aromatic rings. The van der Waals surface area contributed by atoms with Gasteiger partial charge < -0.3 is 20.3 Å². The van der Waals surface area contributed by atoms with Gasteiger partial charge in [0.05, 0.1) is 13.2 Å². The van der Waals surface area contributed by atoms with E-state index in [1.54, 1.807) is 0 Å². The molecule has 0 fully saturated rings. The standard InChI is InChI=1S/C23H32N4O/c1-4-24-23(26-16-19-6-5-7-20(14-19)17-27(2)3)25-12-10-18-8-9-22-21(15-18)11-13-28-22/h5-9,14-15H,4,10-13,16-17H2,1-3H3,(H2,24,25,26). The lowest BCUT2D eigenvalue weighted by Crippen LogP contribution is -2.38. The summed E-state index contributed by atoms with van der Waals surface area (Å²) in [5.74, 6) is 1.91. The van der Waals surface area contributed by atoms with E-state index in [2.05, 4.69) is 79.0 Å². The highest BCUT2D eigenvalue weighted by Crippen LogP contribution is 2.25. The molecule has 0 aromatic heterocycles. The van der Waals surface area contributed by atoms with Crippen LogP contribution in [0.15, 0.2) is 47.5 Å². The number of aliphatic imine (C=N–C) groups is 1. The van der Waals surface area contributed by atoms with Crippen molar-refractivity contribution in [2.75, 3.05) is 33.8 Å². The van der Waals surface area contributed by atoms with E-state index in [0.29, 0.717) is 6.54 Å². The lowest BCUT2D eigenvalue weighted by molar-refractivity contribution is 0.357. The zero-order valence-corrected chi connectivity index (χ0v) is 17.3. The first-order valence-corrected chi connectivity index (χ1v) is 10.1. The summed E-state index contributed by atoms with van der Waals surface area (Å²) in [6.45, 7) is 6.22. The van der Waals surface area contributed by atoms with E-state index in [1.807, 2.05) is 0 Å². The Hall–Kier alpha value is -2.53. The van der Waals surface area contributed by atoms with Gasteiger partial charge in [-0.1, -0.05) is 36.4 Å². The fourth-order valence-electron chi connectivity index (χ4n) is 3.42. The van der Waals surface area contributed by atoms with Crippen LogP contribution in [0, 0.1) is 0 Å². The molecule has 1 aliphatic heterocycles. The second kappa shape index (κ2) is 10.1. The monoisotopic (exact) mass is 380 g/mol. The van der Waals surface area contributed by atoms with Crippen LogP contribution in [0.5, 0.6) is 5.75 Å². The zero-order valence-electron chi connectivity index (χ0n) is 17.3. The highest BCUT2D eigenvalue weighted by Gasteiger charge is 2.11. The van der Waals surface area contributed by atoms with Gasteiger partial charge in [-0.25, -0.2) is 4.99 Å². The summed E-state index contributed by atoms with van der Waals surface area (Å²) >= 11 is 0. The van der Waals surface area contributed by atoms with Crippen molar-refractivity contribution < 1.29 is 4.74 Å². The largest absolute Gasteiger partial charge is 0.493 e. The van der Waals surface area contributed by atoms with Gasteiger partial charge in [0.25, 0.3) is 0 Å². The van der Waals surface area contributed by atoms with Gasteiger partial charge in [0.15, 0.2) is 5.96 Å². The lowest BCUT2D eigenvalue weighted by atomic mass is 10.1. The van der Waals surface area contributed by atoms with Gasteiger partial charge in [-0.15, -0.1) is 0 Å². The molecule has 1 aliphatic rings. The number of rotatable bonds is 8. The molecular formula is C23H32N4O. The molecule has 5 nitrogen and oxygen atoms in total. The summed E-state index contributed by atoms with van der Waals surface area (Å²) in [5, 5.41) is 6.79. The lowest BCUT2D eigenvalue weighted by Gasteiger charge is -2.13. The molecule has 0 atom stereocenters. The Kier molecular flexibility index (Phi) is 7.31. The van der Waals surface area contributed by atoms with Crippen LogP contribution >= 0.6 is 0 Å². The SMILES string of the molecule is CCNC(=NCc1cccc(CN(C)C)c1)NCCc1ccc2c(c1)CCO2. The summed E-state index contributed by atoms with van der Waals surface area (Å²) in [5.41, 5.74) is 5.21. The van der Waals surface area contributed by atoms with E-state index in [9.17, 15) is 0 Å². The van der Waals surface area contributed by atoms with Crippen LogP contribution in [-0.4, -0.2) is 44.7 Å². The Morgan fingerprint density at radius 1 is 1.07 bits per heavy atom. The van der Waals surface area contributed by atoms with Crippen molar-refractivity contribution in [3.63, 3.8) is 0 Å². The Balaban J connectivity index is 1.54. The topological polar surface area (TPSA) is 48.9 Å². The molecule has 1 heterocycles. The molecule has 5 heteroatoms. The summed E-state index contributed by atoms with van der Waals surface area (Å²) in [4.78, 5) is 6.93. The van der Waals surface area contributed by atoms with Gasteiger partial charge in [0.2, 0.25) is 0 Å². The van der Waals surface area contributed by atoms with Crippen LogP contribution < -0.4 is 15.4 Å².